The van der Waals surface area contributed by atoms with Crippen molar-refractivity contribution >= 4 is 0 Å². The molecule has 0 N–H and O–H groups in total. The van der Waals surface area contributed by atoms with Crippen molar-refractivity contribution in [1.29, 1.82) is 0 Å². The third-order valence-corrected chi connectivity index (χ3v) is 1.44. The van der Waals surface area contributed by atoms with E-state index in [2.05, 4.69) is 0 Å². The summed E-state index contributed by atoms with van der Waals surface area (Å²) in [4.78, 5) is 0.660. The van der Waals surface area contributed by atoms with E-state index in [9.17, 15) is 13.3 Å². The second-order valence-corrected chi connectivity index (χ2v) is 2.31. The Labute approximate surface area is 62.8 Å². The van der Waals surface area contributed by atoms with E-state index < -0.39 is 11.3 Å². The lowest BCUT2D eigenvalue weighted by Gasteiger charge is -2.25. The van der Waals surface area contributed by atoms with Gasteiger partial charge >= 0.3 is 6.17 Å². The number of halogens is 3. The van der Waals surface area contributed by atoms with Crippen LogP contribution in [-0.4, -0.2) is 22.7 Å². The van der Waals surface area contributed by atoms with Crippen LogP contribution in [0.25, 0.3) is 0 Å². The Bertz CT molecular complexity index is 169. The van der Waals surface area contributed by atoms with E-state index in [1.807, 2.05) is 0 Å². The molecular weight excluding hydrogens is 157 g/mol. The predicted octanol–water partition coefficient (Wildman–Crippen LogP) is 1.92. The molecule has 0 atom stereocenters. The molecule has 0 radical (unpaired) electrons. The molecule has 0 bridgehead atoms. The van der Waals surface area contributed by atoms with Gasteiger partial charge in [-0.15, -0.1) is 5.12 Å². The highest BCUT2D eigenvalue weighted by molar-refractivity contribution is 4.92. The fourth-order valence-corrected chi connectivity index (χ4v) is 0.891. The number of alkyl halides is 2. The molecule has 1 aliphatic rings. The van der Waals surface area contributed by atoms with Gasteiger partial charge in [-0.1, -0.05) is 11.4 Å². The van der Waals surface area contributed by atoms with Crippen molar-refractivity contribution in [1.82, 2.24) is 10.0 Å². The van der Waals surface area contributed by atoms with Crippen LogP contribution >= 0.6 is 0 Å². The predicted molar refractivity (Wildman–Crippen MR) is 34.0 cm³/mol. The van der Waals surface area contributed by atoms with Crippen LogP contribution in [0.2, 0.25) is 0 Å². The minimum absolute atomic E-state index is 0.157. The Kier molecular flexibility index (Phi) is 1.97. The van der Waals surface area contributed by atoms with Crippen molar-refractivity contribution in [2.24, 2.45) is 0 Å². The third kappa shape index (κ3) is 1.27. The molecule has 0 aromatic carbocycles. The van der Waals surface area contributed by atoms with Crippen molar-refractivity contribution in [3.05, 3.63) is 12.4 Å². The van der Waals surface area contributed by atoms with Crippen LogP contribution < -0.4 is 0 Å². The molecule has 0 aromatic heterocycles. The van der Waals surface area contributed by atoms with Gasteiger partial charge in [0.2, 0.25) is 0 Å². The average Bonchev–Trinajstić information content (AvgIpc) is 2.16. The van der Waals surface area contributed by atoms with Crippen LogP contribution in [0.1, 0.15) is 13.3 Å². The van der Waals surface area contributed by atoms with Gasteiger partial charge in [-0.25, -0.2) is 0 Å². The molecule has 0 saturated carbocycles. The van der Waals surface area contributed by atoms with Gasteiger partial charge in [0.15, 0.2) is 0 Å². The van der Waals surface area contributed by atoms with Gasteiger partial charge < -0.3 is 0 Å². The third-order valence-electron chi connectivity index (χ3n) is 1.44. The first-order valence-electron chi connectivity index (χ1n) is 3.37. The first-order valence-corrected chi connectivity index (χ1v) is 3.37. The van der Waals surface area contributed by atoms with Crippen molar-refractivity contribution in [2.45, 2.75) is 19.5 Å². The highest BCUT2D eigenvalue weighted by Gasteiger charge is 2.45. The number of hydrogen-bond acceptors (Lipinski definition) is 2. The van der Waals surface area contributed by atoms with Gasteiger partial charge in [0.25, 0.3) is 0 Å². The fraction of sp³-hybridized carbons (Fsp3) is 0.667. The van der Waals surface area contributed by atoms with Crippen LogP contribution in [0.3, 0.4) is 0 Å². The minimum atomic E-state index is -3.49. The van der Waals surface area contributed by atoms with E-state index in [1.165, 1.54) is 0 Å². The summed E-state index contributed by atoms with van der Waals surface area (Å²) in [5.74, 6) is 0. The van der Waals surface area contributed by atoms with E-state index >= 15 is 0 Å². The Morgan fingerprint density at radius 2 is 2.00 bits per heavy atom. The molecule has 0 spiro atoms. The van der Waals surface area contributed by atoms with Gasteiger partial charge in [-0.2, -0.15) is 8.78 Å². The standard InChI is InChI=1S/C6H9F3N2/c1-2-3-10-4-5-11(9)6(10,7)8/h4-5H,2-3H2,1H3. The first-order chi connectivity index (χ1) is 5.09. The second-order valence-electron chi connectivity index (χ2n) is 2.31. The lowest BCUT2D eigenvalue weighted by molar-refractivity contribution is -0.263. The van der Waals surface area contributed by atoms with Crippen LogP contribution in [0.5, 0.6) is 0 Å². The summed E-state index contributed by atoms with van der Waals surface area (Å²) in [6, 6.07) is 0. The Hall–Kier alpha value is -0.870. The molecule has 1 aliphatic heterocycles. The summed E-state index contributed by atoms with van der Waals surface area (Å²) in [6.45, 7) is 1.91. The average molecular weight is 166 g/mol. The van der Waals surface area contributed by atoms with Crippen molar-refractivity contribution in [3.63, 3.8) is 0 Å². The maximum Gasteiger partial charge on any atom is 0.439 e. The van der Waals surface area contributed by atoms with Gasteiger partial charge in [0.05, 0.1) is 6.20 Å². The quantitative estimate of drug-likeness (QED) is 0.456. The summed E-state index contributed by atoms with van der Waals surface area (Å²) in [6.07, 6.45) is -1.16. The van der Waals surface area contributed by atoms with E-state index in [0.29, 0.717) is 11.3 Å². The van der Waals surface area contributed by atoms with Crippen molar-refractivity contribution in [2.75, 3.05) is 6.54 Å². The highest BCUT2D eigenvalue weighted by Crippen LogP contribution is 2.30. The van der Waals surface area contributed by atoms with E-state index in [0.717, 1.165) is 12.4 Å². The summed E-state index contributed by atoms with van der Waals surface area (Å²) in [5.41, 5.74) is 0. The molecular formula is C6H9F3N2. The van der Waals surface area contributed by atoms with Crippen LogP contribution in [0, 0.1) is 0 Å². The molecule has 0 amide bonds. The SMILES string of the molecule is CCCN1C=CN(F)C1(F)F. The van der Waals surface area contributed by atoms with Crippen molar-refractivity contribution < 1.29 is 13.3 Å². The summed E-state index contributed by atoms with van der Waals surface area (Å²) >= 11 is 0. The smallest absolute Gasteiger partial charge is 0.297 e. The van der Waals surface area contributed by atoms with Gasteiger partial charge in [0.1, 0.15) is 0 Å². The number of nitrogens with zero attached hydrogens (tertiary/aromatic N) is 2. The maximum absolute atomic E-state index is 12.6. The molecule has 2 nitrogen and oxygen atoms in total. The van der Waals surface area contributed by atoms with E-state index in [4.69, 9.17) is 0 Å². The molecule has 0 aliphatic carbocycles. The minimum Gasteiger partial charge on any atom is -0.297 e. The lowest BCUT2D eigenvalue weighted by Crippen LogP contribution is -2.42. The molecule has 1 heterocycles. The van der Waals surface area contributed by atoms with E-state index in [-0.39, 0.29) is 6.54 Å². The summed E-state index contributed by atoms with van der Waals surface area (Å²) in [7, 11) is 0. The second kappa shape index (κ2) is 2.64. The molecule has 0 saturated heterocycles. The van der Waals surface area contributed by atoms with Crippen LogP contribution in [0.4, 0.5) is 13.3 Å². The van der Waals surface area contributed by atoms with Gasteiger partial charge in [-0.3, -0.25) is 4.90 Å². The monoisotopic (exact) mass is 166 g/mol. The zero-order chi connectivity index (χ0) is 8.48. The summed E-state index contributed by atoms with van der Waals surface area (Å²) < 4.78 is 37.4. The number of rotatable bonds is 2. The normalized spacial score (nSPS) is 21.5. The molecule has 0 unspecified atom stereocenters. The molecule has 1 rings (SSSR count). The Morgan fingerprint density at radius 1 is 1.36 bits per heavy atom. The molecule has 0 fully saturated rings. The fourth-order valence-electron chi connectivity index (χ4n) is 0.891. The zero-order valence-electron chi connectivity index (χ0n) is 6.10. The van der Waals surface area contributed by atoms with Crippen LogP contribution in [0.15, 0.2) is 12.4 Å². The maximum atomic E-state index is 12.6. The zero-order valence-corrected chi connectivity index (χ0v) is 6.10. The Morgan fingerprint density at radius 3 is 2.36 bits per heavy atom. The molecule has 64 valence electrons. The summed E-state index contributed by atoms with van der Waals surface area (Å²) in [5, 5.41) is -0.595. The molecule has 11 heavy (non-hydrogen) atoms. The van der Waals surface area contributed by atoms with E-state index in [1.54, 1.807) is 6.92 Å². The molecule has 0 aromatic rings. The van der Waals surface area contributed by atoms with Gasteiger partial charge in [0, 0.05) is 12.7 Å². The topological polar surface area (TPSA) is 6.48 Å². The molecule has 5 heteroatoms. The largest absolute Gasteiger partial charge is 0.439 e. The highest BCUT2D eigenvalue weighted by atomic mass is 19.3. The first kappa shape index (κ1) is 8.23. The lowest BCUT2D eigenvalue weighted by atomic mass is 10.4. The van der Waals surface area contributed by atoms with Gasteiger partial charge in [-0.05, 0) is 6.42 Å². The van der Waals surface area contributed by atoms with Crippen LogP contribution in [-0.2, 0) is 0 Å². The number of hydrogen-bond donors (Lipinski definition) is 0. The Balaban J connectivity index is 2.62. The van der Waals surface area contributed by atoms with Crippen molar-refractivity contribution in [3.8, 4) is 0 Å².